The van der Waals surface area contributed by atoms with Crippen LogP contribution in [0.15, 0.2) is 152 Å². The monoisotopic (exact) mass is 566 g/mol. The summed E-state index contributed by atoms with van der Waals surface area (Å²) in [6, 6.07) is 50.7. The molecule has 208 valence electrons. The molecule has 0 spiro atoms. The van der Waals surface area contributed by atoms with Crippen LogP contribution in [-0.2, 0) is 17.8 Å². The molecule has 1 unspecified atom stereocenters. The summed E-state index contributed by atoms with van der Waals surface area (Å²) in [6.45, 7) is 2.28. The van der Waals surface area contributed by atoms with E-state index in [4.69, 9.17) is 0 Å². The van der Waals surface area contributed by atoms with Gasteiger partial charge in [-0.25, -0.2) is 4.79 Å². The first-order chi connectivity index (χ1) is 20.6. The maximum absolute atomic E-state index is 15.1. The molecule has 4 nitrogen and oxygen atoms in total. The summed E-state index contributed by atoms with van der Waals surface area (Å²) in [5.41, 5.74) is 0.877. The van der Waals surface area contributed by atoms with Crippen molar-refractivity contribution in [2.75, 3.05) is 0 Å². The fraction of sp³-hybridized carbons (Fsp3) is 0.135. The SMILES string of the molecule is CCC1(Cc2ccccc2)C(=O)N(Cc2ccccc2)C(=O)N1[Si](c1ccccc1)(c1ccccc1)c1ccccc1. The van der Waals surface area contributed by atoms with Gasteiger partial charge in [0.05, 0.1) is 6.54 Å². The van der Waals surface area contributed by atoms with E-state index in [9.17, 15) is 4.79 Å². The average Bonchev–Trinajstić information content (AvgIpc) is 3.26. The number of urea groups is 1. The van der Waals surface area contributed by atoms with Gasteiger partial charge in [0.25, 0.3) is 14.1 Å². The summed E-state index contributed by atoms with van der Waals surface area (Å²) in [7, 11) is -3.34. The van der Waals surface area contributed by atoms with E-state index >= 15 is 4.79 Å². The lowest BCUT2D eigenvalue weighted by Crippen LogP contribution is -2.81. The smallest absolute Gasteiger partial charge is 0.320 e. The van der Waals surface area contributed by atoms with E-state index in [1.807, 2.05) is 110 Å². The number of hydrogen-bond acceptors (Lipinski definition) is 2. The van der Waals surface area contributed by atoms with Gasteiger partial charge in [-0.2, -0.15) is 0 Å². The van der Waals surface area contributed by atoms with Gasteiger partial charge < -0.3 is 4.57 Å². The van der Waals surface area contributed by atoms with Crippen molar-refractivity contribution in [2.24, 2.45) is 0 Å². The van der Waals surface area contributed by atoms with E-state index in [1.165, 1.54) is 4.90 Å². The van der Waals surface area contributed by atoms with Gasteiger partial charge in [-0.1, -0.05) is 159 Å². The Balaban J connectivity index is 1.68. The predicted octanol–water partition coefficient (Wildman–Crippen LogP) is 5.51. The summed E-state index contributed by atoms with van der Waals surface area (Å²) in [4.78, 5) is 31.5. The number of rotatable bonds is 9. The molecule has 5 heteroatoms. The van der Waals surface area contributed by atoms with Crippen LogP contribution in [0.3, 0.4) is 0 Å². The molecule has 0 aliphatic carbocycles. The third-order valence-electron chi connectivity index (χ3n) is 8.51. The van der Waals surface area contributed by atoms with E-state index in [1.54, 1.807) is 0 Å². The van der Waals surface area contributed by atoms with Crippen molar-refractivity contribution in [3.05, 3.63) is 163 Å². The number of carbonyl (C=O) groups excluding carboxylic acids is 2. The highest BCUT2D eigenvalue weighted by Gasteiger charge is 2.65. The van der Waals surface area contributed by atoms with Crippen molar-refractivity contribution in [3.8, 4) is 0 Å². The van der Waals surface area contributed by atoms with Gasteiger partial charge in [-0.15, -0.1) is 0 Å². The molecule has 1 atom stereocenters. The molecule has 3 amide bonds. The summed E-state index contributed by atoms with van der Waals surface area (Å²) in [5.74, 6) is -0.137. The van der Waals surface area contributed by atoms with Crippen molar-refractivity contribution in [1.29, 1.82) is 0 Å². The molecule has 0 N–H and O–H groups in total. The van der Waals surface area contributed by atoms with E-state index in [0.717, 1.165) is 26.7 Å². The van der Waals surface area contributed by atoms with Gasteiger partial charge >= 0.3 is 6.03 Å². The summed E-state index contributed by atoms with van der Waals surface area (Å²) < 4.78 is 2.05. The minimum Gasteiger partial charge on any atom is -0.324 e. The number of hydrogen-bond donors (Lipinski definition) is 0. The van der Waals surface area contributed by atoms with Crippen LogP contribution >= 0.6 is 0 Å². The van der Waals surface area contributed by atoms with Gasteiger partial charge in [0.2, 0.25) is 0 Å². The maximum atomic E-state index is 15.1. The van der Waals surface area contributed by atoms with Crippen molar-refractivity contribution >= 4 is 35.7 Å². The Morgan fingerprint density at radius 2 is 0.929 bits per heavy atom. The average molecular weight is 567 g/mol. The van der Waals surface area contributed by atoms with Crippen LogP contribution < -0.4 is 15.6 Å². The van der Waals surface area contributed by atoms with E-state index in [-0.39, 0.29) is 18.5 Å². The molecule has 0 aromatic heterocycles. The molecule has 0 bridgehead atoms. The molecule has 1 fully saturated rings. The first-order valence-electron chi connectivity index (χ1n) is 14.5. The van der Waals surface area contributed by atoms with Crippen molar-refractivity contribution in [3.63, 3.8) is 0 Å². The third-order valence-corrected chi connectivity index (χ3v) is 13.3. The molecule has 1 heterocycles. The van der Waals surface area contributed by atoms with Crippen molar-refractivity contribution in [1.82, 2.24) is 9.47 Å². The number of amides is 3. The Morgan fingerprint density at radius 1 is 0.548 bits per heavy atom. The highest BCUT2D eigenvalue weighted by Crippen LogP contribution is 2.39. The van der Waals surface area contributed by atoms with E-state index < -0.39 is 13.8 Å². The third kappa shape index (κ3) is 4.56. The Hall–Kier alpha value is -4.74. The van der Waals surface area contributed by atoms with Crippen LogP contribution in [0.2, 0.25) is 0 Å². The zero-order valence-electron chi connectivity index (χ0n) is 23.8. The molecule has 1 saturated heterocycles. The van der Waals surface area contributed by atoms with E-state index in [0.29, 0.717) is 12.8 Å². The molecule has 0 radical (unpaired) electrons. The number of benzene rings is 5. The van der Waals surface area contributed by atoms with Gasteiger partial charge in [0, 0.05) is 6.42 Å². The minimum absolute atomic E-state index is 0.137. The highest BCUT2D eigenvalue weighted by atomic mass is 28.3. The van der Waals surface area contributed by atoms with E-state index in [2.05, 4.69) is 53.1 Å². The topological polar surface area (TPSA) is 40.6 Å². The van der Waals surface area contributed by atoms with Crippen molar-refractivity contribution < 1.29 is 9.59 Å². The van der Waals surface area contributed by atoms with Gasteiger partial charge in [-0.05, 0) is 33.1 Å². The van der Waals surface area contributed by atoms with Crippen LogP contribution in [0.5, 0.6) is 0 Å². The highest BCUT2D eigenvalue weighted by molar-refractivity contribution is 7.10. The second-order valence-corrected chi connectivity index (χ2v) is 14.5. The van der Waals surface area contributed by atoms with Crippen LogP contribution in [0, 0.1) is 0 Å². The first-order valence-corrected chi connectivity index (χ1v) is 16.5. The van der Waals surface area contributed by atoms with Gasteiger partial charge in [0.15, 0.2) is 0 Å². The molecule has 5 aromatic carbocycles. The Morgan fingerprint density at radius 3 is 1.33 bits per heavy atom. The Bertz CT molecular complexity index is 1550. The molecule has 5 aromatic rings. The van der Waals surface area contributed by atoms with Gasteiger partial charge in [0.1, 0.15) is 5.54 Å². The molecule has 6 rings (SSSR count). The second-order valence-electron chi connectivity index (χ2n) is 10.9. The minimum atomic E-state index is -3.34. The summed E-state index contributed by atoms with van der Waals surface area (Å²) >= 11 is 0. The Labute approximate surface area is 249 Å². The first kappa shape index (κ1) is 27.4. The normalized spacial score (nSPS) is 17.1. The lowest BCUT2D eigenvalue weighted by Gasteiger charge is -2.48. The molecular weight excluding hydrogens is 533 g/mol. The summed E-state index contributed by atoms with van der Waals surface area (Å²) in [6.07, 6.45) is 0.917. The molecule has 1 aliphatic heterocycles. The zero-order valence-corrected chi connectivity index (χ0v) is 24.8. The zero-order chi connectivity index (χ0) is 29.0. The molecule has 1 aliphatic rings. The van der Waals surface area contributed by atoms with Crippen LogP contribution in [-0.4, -0.2) is 35.2 Å². The molecular formula is C37H34N2O2Si. The summed E-state index contributed by atoms with van der Waals surface area (Å²) in [5, 5.41) is 3.20. The molecule has 42 heavy (non-hydrogen) atoms. The fourth-order valence-electron chi connectivity index (χ4n) is 6.56. The second kappa shape index (κ2) is 11.6. The molecule has 0 saturated carbocycles. The van der Waals surface area contributed by atoms with Crippen LogP contribution in [0.4, 0.5) is 4.79 Å². The van der Waals surface area contributed by atoms with Crippen LogP contribution in [0.25, 0.3) is 0 Å². The lowest BCUT2D eigenvalue weighted by molar-refractivity contribution is -0.133. The fourth-order valence-corrected chi connectivity index (χ4v) is 11.7. The van der Waals surface area contributed by atoms with Crippen LogP contribution in [0.1, 0.15) is 24.5 Å². The maximum Gasteiger partial charge on any atom is 0.320 e. The lowest BCUT2D eigenvalue weighted by atomic mass is 9.88. The number of nitrogens with zero attached hydrogens (tertiary/aromatic N) is 2. The number of imide groups is 1. The standard InChI is InChI=1S/C37H34N2O2Si/c1-2-37(28-30-18-8-3-9-19-30)35(40)38(29-31-20-10-4-11-21-31)36(41)39(37)42(32-22-12-5-13-23-32,33-24-14-6-15-25-33)34-26-16-7-17-27-34/h3-27H,2,28-29H2,1H3. The number of carbonyl (C=O) groups is 2. The van der Waals surface area contributed by atoms with Gasteiger partial charge in [-0.3, -0.25) is 9.69 Å². The Kier molecular flexibility index (Phi) is 7.59. The largest absolute Gasteiger partial charge is 0.324 e. The van der Waals surface area contributed by atoms with Crippen molar-refractivity contribution in [2.45, 2.75) is 31.8 Å². The predicted molar refractivity (Wildman–Crippen MR) is 171 cm³/mol. The quantitative estimate of drug-likeness (QED) is 0.134.